The third kappa shape index (κ3) is 6.20. The fourth-order valence-corrected chi connectivity index (χ4v) is 2.67. The number of hydrogen-bond acceptors (Lipinski definition) is 2. The van der Waals surface area contributed by atoms with Crippen LogP contribution < -0.4 is 10.1 Å². The monoisotopic (exact) mass is 403 g/mol. The van der Waals surface area contributed by atoms with Gasteiger partial charge in [-0.1, -0.05) is 48.8 Å². The Morgan fingerprint density at radius 2 is 1.80 bits per heavy atom. The largest absolute Gasteiger partial charge is 0.494 e. The third-order valence-electron chi connectivity index (χ3n) is 3.98. The summed E-state index contributed by atoms with van der Waals surface area (Å²) in [5, 5.41) is 2.92. The maximum Gasteiger partial charge on any atom is 0.224 e. The van der Waals surface area contributed by atoms with Gasteiger partial charge in [0.2, 0.25) is 5.91 Å². The van der Waals surface area contributed by atoms with Crippen LogP contribution in [0.3, 0.4) is 0 Å². The number of halogens is 1. The van der Waals surface area contributed by atoms with E-state index in [2.05, 4.69) is 54.2 Å². The number of carbonyl (C=O) groups is 1. The van der Waals surface area contributed by atoms with Crippen LogP contribution in [0.25, 0.3) is 0 Å². The number of aryl methyl sites for hydroxylation is 1. The lowest BCUT2D eigenvalue weighted by molar-refractivity contribution is -0.116. The zero-order valence-electron chi connectivity index (χ0n) is 15.4. The number of rotatable bonds is 6. The van der Waals surface area contributed by atoms with E-state index in [-0.39, 0.29) is 11.3 Å². The molecule has 0 unspecified atom stereocenters. The number of hydrogen-bond donors (Lipinski definition) is 1. The van der Waals surface area contributed by atoms with E-state index < -0.39 is 0 Å². The van der Waals surface area contributed by atoms with Crippen LogP contribution in [0.1, 0.15) is 44.7 Å². The normalized spacial score (nSPS) is 11.2. The van der Waals surface area contributed by atoms with Crippen LogP contribution in [0.4, 0.5) is 5.69 Å². The second-order valence-electron chi connectivity index (χ2n) is 7.24. The number of ether oxygens (including phenoxy) is 1. The number of amides is 1. The highest BCUT2D eigenvalue weighted by atomic mass is 79.9. The first-order valence-corrected chi connectivity index (χ1v) is 9.34. The Labute approximate surface area is 158 Å². The Morgan fingerprint density at radius 1 is 1.12 bits per heavy atom. The Morgan fingerprint density at radius 3 is 2.40 bits per heavy atom. The molecule has 4 heteroatoms. The molecule has 0 aliphatic rings. The van der Waals surface area contributed by atoms with Crippen molar-refractivity contribution in [3.05, 3.63) is 58.1 Å². The molecule has 0 fully saturated rings. The first-order chi connectivity index (χ1) is 11.8. The summed E-state index contributed by atoms with van der Waals surface area (Å²) in [6, 6.07) is 14.0. The van der Waals surface area contributed by atoms with Crippen molar-refractivity contribution in [1.82, 2.24) is 0 Å². The van der Waals surface area contributed by atoms with Gasteiger partial charge in [0, 0.05) is 16.6 Å². The third-order valence-corrected chi connectivity index (χ3v) is 4.87. The molecule has 0 spiro atoms. The maximum absolute atomic E-state index is 12.0. The minimum atomic E-state index is 0.00778. The van der Waals surface area contributed by atoms with Crippen molar-refractivity contribution in [1.29, 1.82) is 0 Å². The molecule has 1 N–H and O–H groups in total. The van der Waals surface area contributed by atoms with E-state index in [1.54, 1.807) is 0 Å². The quantitative estimate of drug-likeness (QED) is 0.613. The van der Waals surface area contributed by atoms with Crippen LogP contribution in [0.15, 0.2) is 46.9 Å². The second-order valence-corrected chi connectivity index (χ2v) is 8.09. The molecule has 0 saturated heterocycles. The summed E-state index contributed by atoms with van der Waals surface area (Å²) in [5.74, 6) is 0.852. The number of nitrogens with one attached hydrogen (secondary N) is 1. The molecule has 0 saturated carbocycles. The van der Waals surface area contributed by atoms with Gasteiger partial charge >= 0.3 is 0 Å². The molecule has 2 aromatic carbocycles. The molecule has 0 aliphatic heterocycles. The van der Waals surface area contributed by atoms with Gasteiger partial charge in [-0.2, -0.15) is 0 Å². The van der Waals surface area contributed by atoms with Gasteiger partial charge in [0.25, 0.3) is 0 Å². The van der Waals surface area contributed by atoms with Crippen molar-refractivity contribution >= 4 is 27.5 Å². The van der Waals surface area contributed by atoms with Crippen LogP contribution in [0.5, 0.6) is 5.75 Å². The minimum Gasteiger partial charge on any atom is -0.494 e. The van der Waals surface area contributed by atoms with Crippen LogP contribution >= 0.6 is 15.9 Å². The zero-order valence-corrected chi connectivity index (χ0v) is 16.9. The van der Waals surface area contributed by atoms with Crippen LogP contribution in [0.2, 0.25) is 0 Å². The molecule has 2 rings (SSSR count). The lowest BCUT2D eigenvalue weighted by atomic mass is 9.87. The molecule has 25 heavy (non-hydrogen) atoms. The molecule has 2 aromatic rings. The van der Waals surface area contributed by atoms with Gasteiger partial charge < -0.3 is 10.1 Å². The van der Waals surface area contributed by atoms with Crippen molar-refractivity contribution in [2.24, 2.45) is 0 Å². The molecule has 0 heterocycles. The minimum absolute atomic E-state index is 0.00778. The van der Waals surface area contributed by atoms with E-state index in [9.17, 15) is 4.79 Å². The SMILES string of the molecule is Cc1cc(NC(=O)CCCOc2ccc(C(C)(C)C)cc2)ccc1Br. The molecule has 3 nitrogen and oxygen atoms in total. The van der Waals surface area contributed by atoms with Gasteiger partial charge in [-0.05, 0) is 60.2 Å². The highest BCUT2D eigenvalue weighted by molar-refractivity contribution is 9.10. The Hall–Kier alpha value is -1.81. The molecule has 134 valence electrons. The summed E-state index contributed by atoms with van der Waals surface area (Å²) in [4.78, 5) is 12.0. The lowest BCUT2D eigenvalue weighted by Gasteiger charge is -2.19. The Kier molecular flexibility index (Phi) is 6.65. The van der Waals surface area contributed by atoms with E-state index in [1.807, 2.05) is 37.3 Å². The van der Waals surface area contributed by atoms with Gasteiger partial charge in [-0.25, -0.2) is 0 Å². The highest BCUT2D eigenvalue weighted by Crippen LogP contribution is 2.24. The summed E-state index contributed by atoms with van der Waals surface area (Å²) < 4.78 is 6.76. The molecule has 0 bridgehead atoms. The van der Waals surface area contributed by atoms with E-state index >= 15 is 0 Å². The van der Waals surface area contributed by atoms with Crippen LogP contribution in [-0.4, -0.2) is 12.5 Å². The Bertz CT molecular complexity index is 718. The summed E-state index contributed by atoms with van der Waals surface area (Å²) in [5.41, 5.74) is 3.34. The molecular weight excluding hydrogens is 378 g/mol. The van der Waals surface area contributed by atoms with E-state index in [0.29, 0.717) is 19.4 Å². The van der Waals surface area contributed by atoms with Gasteiger partial charge in [0.05, 0.1) is 6.61 Å². The number of anilines is 1. The molecule has 0 atom stereocenters. The standard InChI is InChI=1S/C21H26BrNO2/c1-15-14-17(9-12-19(15)22)23-20(24)6-5-13-25-18-10-7-16(8-11-18)21(2,3)4/h7-12,14H,5-6,13H2,1-4H3,(H,23,24). The topological polar surface area (TPSA) is 38.3 Å². The van der Waals surface area contributed by atoms with Gasteiger partial charge in [0.15, 0.2) is 0 Å². The average Bonchev–Trinajstić information content (AvgIpc) is 2.55. The number of carbonyl (C=O) groups excluding carboxylic acids is 1. The number of benzene rings is 2. The molecule has 0 radical (unpaired) electrons. The average molecular weight is 404 g/mol. The summed E-state index contributed by atoms with van der Waals surface area (Å²) in [7, 11) is 0. The van der Waals surface area contributed by atoms with E-state index in [1.165, 1.54) is 5.56 Å². The fourth-order valence-electron chi connectivity index (χ4n) is 2.42. The molecular formula is C21H26BrNO2. The zero-order chi connectivity index (χ0) is 18.4. The maximum atomic E-state index is 12.0. The van der Waals surface area contributed by atoms with Crippen molar-refractivity contribution in [2.45, 2.75) is 46.0 Å². The van der Waals surface area contributed by atoms with Gasteiger partial charge in [-0.3, -0.25) is 4.79 Å². The highest BCUT2D eigenvalue weighted by Gasteiger charge is 2.13. The summed E-state index contributed by atoms with van der Waals surface area (Å²) in [6.45, 7) is 9.09. The van der Waals surface area contributed by atoms with Crippen molar-refractivity contribution in [3.63, 3.8) is 0 Å². The van der Waals surface area contributed by atoms with Gasteiger partial charge in [-0.15, -0.1) is 0 Å². The van der Waals surface area contributed by atoms with Crippen molar-refractivity contribution < 1.29 is 9.53 Å². The van der Waals surface area contributed by atoms with Crippen LogP contribution in [0, 0.1) is 6.92 Å². The fraction of sp³-hybridized carbons (Fsp3) is 0.381. The molecule has 1 amide bonds. The van der Waals surface area contributed by atoms with Crippen LogP contribution in [-0.2, 0) is 10.2 Å². The smallest absolute Gasteiger partial charge is 0.224 e. The summed E-state index contributed by atoms with van der Waals surface area (Å²) >= 11 is 3.45. The van der Waals surface area contributed by atoms with Crippen molar-refractivity contribution in [3.8, 4) is 5.75 Å². The first-order valence-electron chi connectivity index (χ1n) is 8.55. The predicted molar refractivity (Wildman–Crippen MR) is 107 cm³/mol. The first kappa shape index (κ1) is 19.5. The molecule has 0 aromatic heterocycles. The Balaban J connectivity index is 1.73. The lowest BCUT2D eigenvalue weighted by Crippen LogP contribution is -2.13. The molecule has 0 aliphatic carbocycles. The van der Waals surface area contributed by atoms with E-state index in [4.69, 9.17) is 4.74 Å². The summed E-state index contributed by atoms with van der Waals surface area (Å²) in [6.07, 6.45) is 1.12. The van der Waals surface area contributed by atoms with Gasteiger partial charge in [0.1, 0.15) is 5.75 Å². The van der Waals surface area contributed by atoms with E-state index in [0.717, 1.165) is 21.5 Å². The van der Waals surface area contributed by atoms with Crippen molar-refractivity contribution in [2.75, 3.05) is 11.9 Å². The second kappa shape index (κ2) is 8.52. The predicted octanol–water partition coefficient (Wildman–Crippen LogP) is 5.85.